The number of amides is 1. The molecule has 0 bridgehead atoms. The second-order valence-electron chi connectivity index (χ2n) is 10.2. The van der Waals surface area contributed by atoms with Gasteiger partial charge in [0.1, 0.15) is 5.69 Å². The molecule has 1 aliphatic rings. The van der Waals surface area contributed by atoms with E-state index in [0.717, 1.165) is 73.9 Å². The number of carbonyl (C=O) groups is 1. The molecule has 39 heavy (non-hydrogen) atoms. The quantitative estimate of drug-likeness (QED) is 0.352. The van der Waals surface area contributed by atoms with Crippen molar-refractivity contribution in [3.05, 3.63) is 76.2 Å². The Labute approximate surface area is 236 Å². The van der Waals surface area contributed by atoms with Crippen molar-refractivity contribution in [2.45, 2.75) is 45.6 Å². The Hall–Kier alpha value is -2.91. The third kappa shape index (κ3) is 8.54. The van der Waals surface area contributed by atoms with Crippen molar-refractivity contribution in [2.75, 3.05) is 45.9 Å². The third-order valence-corrected chi connectivity index (χ3v) is 7.69. The van der Waals surface area contributed by atoms with Crippen LogP contribution in [0.15, 0.2) is 48.7 Å². The minimum absolute atomic E-state index is 0.0531. The average Bonchev–Trinajstić information content (AvgIpc) is 2.94. The van der Waals surface area contributed by atoms with Crippen molar-refractivity contribution >= 4 is 17.5 Å². The van der Waals surface area contributed by atoms with Gasteiger partial charge in [-0.15, -0.1) is 0 Å². The molecule has 0 aliphatic carbocycles. The Morgan fingerprint density at radius 1 is 1.05 bits per heavy atom. The number of benzene rings is 1. The molecule has 1 amide bonds. The van der Waals surface area contributed by atoms with Gasteiger partial charge in [-0.25, -0.2) is 9.97 Å². The second-order valence-corrected chi connectivity index (χ2v) is 10.6. The molecule has 8 nitrogen and oxygen atoms in total. The SMILES string of the molecule is Cc1ccnc(-c2nc(C)c(Cl)c(CC[C@H](NC(=O)CCCN3CCN(CCO)CC3)c3ccccc3)n2)c1. The van der Waals surface area contributed by atoms with Crippen LogP contribution in [0.25, 0.3) is 11.5 Å². The molecule has 208 valence electrons. The number of nitrogens with one attached hydrogen (secondary N) is 1. The lowest BCUT2D eigenvalue weighted by Gasteiger charge is -2.34. The lowest BCUT2D eigenvalue weighted by Crippen LogP contribution is -2.47. The van der Waals surface area contributed by atoms with Gasteiger partial charge in [-0.2, -0.15) is 0 Å². The molecule has 9 heteroatoms. The summed E-state index contributed by atoms with van der Waals surface area (Å²) in [5, 5.41) is 12.9. The summed E-state index contributed by atoms with van der Waals surface area (Å²) in [5.74, 6) is 0.616. The van der Waals surface area contributed by atoms with Crippen molar-refractivity contribution in [1.29, 1.82) is 0 Å². The van der Waals surface area contributed by atoms with Gasteiger partial charge in [0.2, 0.25) is 5.91 Å². The molecule has 1 aromatic carbocycles. The molecule has 1 aliphatic heterocycles. The van der Waals surface area contributed by atoms with Crippen molar-refractivity contribution < 1.29 is 9.90 Å². The van der Waals surface area contributed by atoms with Gasteiger partial charge in [-0.3, -0.25) is 14.7 Å². The fourth-order valence-corrected chi connectivity index (χ4v) is 5.13. The highest BCUT2D eigenvalue weighted by molar-refractivity contribution is 6.31. The standard InChI is InChI=1S/C30H39ClN6O2/c1-22-12-13-32-27(21-22)30-33-23(2)29(31)26(35-30)11-10-25(24-7-4-3-5-8-24)34-28(39)9-6-14-36-15-17-37(18-16-36)19-20-38/h3-5,7-8,12-13,21,25,38H,6,9-11,14-20H2,1-2H3,(H,34,39)/t25-/m0/s1. The molecule has 0 unspecified atom stereocenters. The van der Waals surface area contributed by atoms with Gasteiger partial charge in [0.05, 0.1) is 29.1 Å². The van der Waals surface area contributed by atoms with E-state index >= 15 is 0 Å². The number of rotatable bonds is 12. The average molecular weight is 551 g/mol. The van der Waals surface area contributed by atoms with Gasteiger partial charge >= 0.3 is 0 Å². The fraction of sp³-hybridized carbons (Fsp3) is 0.467. The molecule has 1 fully saturated rings. The highest BCUT2D eigenvalue weighted by Gasteiger charge is 2.19. The summed E-state index contributed by atoms with van der Waals surface area (Å²) < 4.78 is 0. The van der Waals surface area contributed by atoms with Crippen LogP contribution < -0.4 is 5.32 Å². The molecule has 4 rings (SSSR count). The predicted molar refractivity (Wildman–Crippen MR) is 155 cm³/mol. The Bertz CT molecular complexity index is 1220. The van der Waals surface area contributed by atoms with Crippen molar-refractivity contribution in [1.82, 2.24) is 30.1 Å². The topological polar surface area (TPSA) is 94.5 Å². The molecule has 2 N–H and O–H groups in total. The van der Waals surface area contributed by atoms with Gasteiger partial charge in [0, 0.05) is 45.3 Å². The number of aliphatic hydroxyl groups excluding tert-OH is 1. The summed E-state index contributed by atoms with van der Waals surface area (Å²) >= 11 is 6.64. The van der Waals surface area contributed by atoms with Crippen molar-refractivity contribution in [2.24, 2.45) is 0 Å². The molecule has 2 aromatic heterocycles. The molecule has 0 spiro atoms. The van der Waals surface area contributed by atoms with Crippen LogP contribution in [0.1, 0.15) is 47.8 Å². The number of pyridine rings is 1. The van der Waals surface area contributed by atoms with Crippen LogP contribution in [0.2, 0.25) is 5.02 Å². The minimum Gasteiger partial charge on any atom is -0.395 e. The summed E-state index contributed by atoms with van der Waals surface area (Å²) in [6.07, 6.45) is 4.32. The Morgan fingerprint density at radius 2 is 1.77 bits per heavy atom. The number of aromatic nitrogens is 3. The minimum atomic E-state index is -0.146. The van der Waals surface area contributed by atoms with E-state index in [4.69, 9.17) is 21.7 Å². The molecule has 3 aromatic rings. The van der Waals surface area contributed by atoms with Crippen LogP contribution in [-0.4, -0.2) is 81.6 Å². The van der Waals surface area contributed by atoms with Crippen LogP contribution in [-0.2, 0) is 11.2 Å². The normalized spacial score (nSPS) is 15.3. The van der Waals surface area contributed by atoms with E-state index in [0.29, 0.717) is 30.1 Å². The summed E-state index contributed by atoms with van der Waals surface area (Å²) in [5.41, 5.74) is 4.36. The van der Waals surface area contributed by atoms with Crippen LogP contribution in [0, 0.1) is 13.8 Å². The van der Waals surface area contributed by atoms with E-state index in [-0.39, 0.29) is 18.6 Å². The maximum absolute atomic E-state index is 13.0. The van der Waals surface area contributed by atoms with Gasteiger partial charge in [0.25, 0.3) is 0 Å². The van der Waals surface area contributed by atoms with E-state index in [2.05, 4.69) is 25.1 Å². The van der Waals surface area contributed by atoms with Crippen LogP contribution in [0.3, 0.4) is 0 Å². The summed E-state index contributed by atoms with van der Waals surface area (Å²) in [6.45, 7) is 9.64. The van der Waals surface area contributed by atoms with Crippen molar-refractivity contribution in [3.63, 3.8) is 0 Å². The van der Waals surface area contributed by atoms with Crippen LogP contribution >= 0.6 is 11.6 Å². The zero-order chi connectivity index (χ0) is 27.6. The molecule has 0 saturated carbocycles. The fourth-order valence-electron chi connectivity index (χ4n) is 4.95. The predicted octanol–water partition coefficient (Wildman–Crippen LogP) is 3.99. The molecule has 1 saturated heterocycles. The van der Waals surface area contributed by atoms with E-state index in [1.54, 1.807) is 6.20 Å². The monoisotopic (exact) mass is 550 g/mol. The zero-order valence-electron chi connectivity index (χ0n) is 22.9. The number of aliphatic hydroxyl groups is 1. The Balaban J connectivity index is 1.37. The van der Waals surface area contributed by atoms with Gasteiger partial charge in [0.15, 0.2) is 5.82 Å². The third-order valence-electron chi connectivity index (χ3n) is 7.20. The number of nitrogens with zero attached hydrogens (tertiary/aromatic N) is 5. The lowest BCUT2D eigenvalue weighted by atomic mass is 10.00. The smallest absolute Gasteiger partial charge is 0.220 e. The van der Waals surface area contributed by atoms with Gasteiger partial charge < -0.3 is 15.3 Å². The number of carbonyl (C=O) groups excluding carboxylic acids is 1. The first-order chi connectivity index (χ1) is 18.9. The number of hydrogen-bond acceptors (Lipinski definition) is 7. The largest absolute Gasteiger partial charge is 0.395 e. The van der Waals surface area contributed by atoms with Crippen LogP contribution in [0.4, 0.5) is 0 Å². The van der Waals surface area contributed by atoms with E-state index in [1.165, 1.54) is 0 Å². The second kappa shape index (κ2) is 14.5. The number of halogens is 1. The van der Waals surface area contributed by atoms with E-state index in [9.17, 15) is 4.79 Å². The van der Waals surface area contributed by atoms with Crippen molar-refractivity contribution in [3.8, 4) is 11.5 Å². The van der Waals surface area contributed by atoms with E-state index < -0.39 is 0 Å². The zero-order valence-corrected chi connectivity index (χ0v) is 23.7. The number of aryl methyl sites for hydroxylation is 3. The lowest BCUT2D eigenvalue weighted by molar-refractivity contribution is -0.122. The maximum Gasteiger partial charge on any atom is 0.220 e. The van der Waals surface area contributed by atoms with Gasteiger partial charge in [-0.05, 0) is 62.9 Å². The summed E-state index contributed by atoms with van der Waals surface area (Å²) in [6, 6.07) is 13.8. The Morgan fingerprint density at radius 3 is 2.46 bits per heavy atom. The van der Waals surface area contributed by atoms with Gasteiger partial charge in [-0.1, -0.05) is 41.9 Å². The molecular formula is C30H39ClN6O2. The molecular weight excluding hydrogens is 512 g/mol. The van der Waals surface area contributed by atoms with Crippen LogP contribution in [0.5, 0.6) is 0 Å². The molecule has 1 atom stereocenters. The van der Waals surface area contributed by atoms with E-state index in [1.807, 2.05) is 56.3 Å². The summed E-state index contributed by atoms with van der Waals surface area (Å²) in [4.78, 5) is 31.4. The number of β-amino-alcohol motifs (C(OH)–C–C–N with tert-alkyl or cyclic N) is 1. The number of piperazine rings is 1. The highest BCUT2D eigenvalue weighted by Crippen LogP contribution is 2.26. The summed E-state index contributed by atoms with van der Waals surface area (Å²) in [7, 11) is 0. The first kappa shape index (κ1) is 29.1. The Kier molecular flexibility index (Phi) is 10.8. The molecule has 0 radical (unpaired) electrons. The first-order valence-corrected chi connectivity index (χ1v) is 14.2. The number of hydrogen-bond donors (Lipinski definition) is 2. The highest BCUT2D eigenvalue weighted by atomic mass is 35.5. The first-order valence-electron chi connectivity index (χ1n) is 13.8. The maximum atomic E-state index is 13.0. The molecule has 3 heterocycles.